The van der Waals surface area contributed by atoms with Gasteiger partial charge in [0.05, 0.1) is 11.9 Å². The summed E-state index contributed by atoms with van der Waals surface area (Å²) in [5, 5.41) is 10.0. The van der Waals surface area contributed by atoms with Gasteiger partial charge in [0, 0.05) is 28.7 Å². The topological polar surface area (TPSA) is 59.3 Å². The van der Waals surface area contributed by atoms with Gasteiger partial charge in [-0.3, -0.25) is 9.59 Å². The SMILES string of the molecule is Cc1c(Cl)ccc2c(=O)c(CC(=O)O)c(C)n(C)c12. The van der Waals surface area contributed by atoms with Crippen LogP contribution in [0.25, 0.3) is 10.9 Å². The smallest absolute Gasteiger partial charge is 0.308 e. The van der Waals surface area contributed by atoms with E-state index < -0.39 is 5.97 Å². The second-order valence-corrected chi connectivity index (χ2v) is 5.00. The van der Waals surface area contributed by atoms with Gasteiger partial charge in [-0.05, 0) is 31.5 Å². The molecular formula is C14H14ClNO3. The highest BCUT2D eigenvalue weighted by atomic mass is 35.5. The van der Waals surface area contributed by atoms with E-state index >= 15 is 0 Å². The summed E-state index contributed by atoms with van der Waals surface area (Å²) in [4.78, 5) is 23.3. The van der Waals surface area contributed by atoms with Crippen LogP contribution in [0, 0.1) is 13.8 Å². The molecule has 0 saturated heterocycles. The lowest BCUT2D eigenvalue weighted by atomic mass is 10.0. The minimum absolute atomic E-state index is 0.229. The van der Waals surface area contributed by atoms with Crippen molar-refractivity contribution in [2.45, 2.75) is 20.3 Å². The van der Waals surface area contributed by atoms with Crippen molar-refractivity contribution in [3.8, 4) is 0 Å². The summed E-state index contributed by atoms with van der Waals surface area (Å²) in [5.74, 6) is -1.01. The lowest BCUT2D eigenvalue weighted by Gasteiger charge is -2.15. The molecule has 0 radical (unpaired) electrons. The van der Waals surface area contributed by atoms with E-state index in [1.165, 1.54) is 0 Å². The van der Waals surface area contributed by atoms with Crippen LogP contribution in [0.2, 0.25) is 5.02 Å². The van der Waals surface area contributed by atoms with Crippen molar-refractivity contribution >= 4 is 28.5 Å². The summed E-state index contributed by atoms with van der Waals surface area (Å²) >= 11 is 6.08. The number of halogens is 1. The maximum absolute atomic E-state index is 12.4. The Kier molecular flexibility index (Phi) is 3.37. The number of carbonyl (C=O) groups is 1. The van der Waals surface area contributed by atoms with Crippen LogP contribution < -0.4 is 5.43 Å². The van der Waals surface area contributed by atoms with Crippen LogP contribution in [-0.4, -0.2) is 15.6 Å². The number of benzene rings is 1. The third-order valence-corrected chi connectivity index (χ3v) is 3.90. The fraction of sp³-hybridized carbons (Fsp3) is 0.286. The minimum Gasteiger partial charge on any atom is -0.481 e. The molecule has 0 saturated carbocycles. The lowest BCUT2D eigenvalue weighted by Crippen LogP contribution is -2.20. The quantitative estimate of drug-likeness (QED) is 0.918. The standard InChI is InChI=1S/C14H14ClNO3/c1-7-11(15)5-4-9-13(7)16(3)8(2)10(14(9)19)6-12(17)18/h4-5H,6H2,1-3H3,(H,17,18). The number of aromatic nitrogens is 1. The summed E-state index contributed by atoms with van der Waals surface area (Å²) in [6.45, 7) is 3.60. The third kappa shape index (κ3) is 2.12. The summed E-state index contributed by atoms with van der Waals surface area (Å²) in [6, 6.07) is 3.32. The summed E-state index contributed by atoms with van der Waals surface area (Å²) in [5.41, 5.74) is 2.33. The molecule has 1 aromatic heterocycles. The molecule has 4 nitrogen and oxygen atoms in total. The average Bonchev–Trinajstić information content (AvgIpc) is 2.35. The van der Waals surface area contributed by atoms with E-state index in [0.29, 0.717) is 21.7 Å². The molecule has 0 amide bonds. The van der Waals surface area contributed by atoms with Gasteiger partial charge >= 0.3 is 5.97 Å². The Balaban J connectivity index is 2.95. The first-order valence-electron chi connectivity index (χ1n) is 5.83. The van der Waals surface area contributed by atoms with Crippen molar-refractivity contribution in [3.63, 3.8) is 0 Å². The van der Waals surface area contributed by atoms with Crippen LogP contribution in [0.5, 0.6) is 0 Å². The average molecular weight is 280 g/mol. The Morgan fingerprint density at radius 3 is 2.58 bits per heavy atom. The Morgan fingerprint density at radius 2 is 2.00 bits per heavy atom. The number of nitrogens with zero attached hydrogens (tertiary/aromatic N) is 1. The zero-order valence-electron chi connectivity index (χ0n) is 11.0. The molecule has 2 rings (SSSR count). The van der Waals surface area contributed by atoms with Crippen LogP contribution in [0.3, 0.4) is 0 Å². The monoisotopic (exact) mass is 279 g/mol. The minimum atomic E-state index is -1.01. The largest absolute Gasteiger partial charge is 0.481 e. The third-order valence-electron chi connectivity index (χ3n) is 3.49. The molecule has 5 heteroatoms. The van der Waals surface area contributed by atoms with Crippen molar-refractivity contribution in [3.05, 3.63) is 44.2 Å². The molecule has 0 spiro atoms. The number of hydrogen-bond acceptors (Lipinski definition) is 2. The second-order valence-electron chi connectivity index (χ2n) is 4.59. The van der Waals surface area contributed by atoms with Crippen molar-refractivity contribution in [1.82, 2.24) is 4.57 Å². The van der Waals surface area contributed by atoms with Gasteiger partial charge in [-0.15, -0.1) is 0 Å². The van der Waals surface area contributed by atoms with Crippen molar-refractivity contribution < 1.29 is 9.90 Å². The first-order chi connectivity index (χ1) is 8.84. The van der Waals surface area contributed by atoms with Crippen LogP contribution in [0.1, 0.15) is 16.8 Å². The molecule has 0 unspecified atom stereocenters. The molecule has 0 bridgehead atoms. The van der Waals surface area contributed by atoms with Crippen LogP contribution in [0.4, 0.5) is 0 Å². The van der Waals surface area contributed by atoms with Gasteiger partial charge in [-0.25, -0.2) is 0 Å². The summed E-state index contributed by atoms with van der Waals surface area (Å²) < 4.78 is 1.83. The van der Waals surface area contributed by atoms with E-state index in [1.807, 2.05) is 18.5 Å². The number of pyridine rings is 1. The first-order valence-corrected chi connectivity index (χ1v) is 6.21. The Bertz CT molecular complexity index is 747. The van der Waals surface area contributed by atoms with E-state index in [9.17, 15) is 9.59 Å². The summed E-state index contributed by atoms with van der Waals surface area (Å²) in [7, 11) is 1.81. The molecule has 100 valence electrons. The Labute approximate surface area is 115 Å². The molecule has 19 heavy (non-hydrogen) atoms. The molecular weight excluding hydrogens is 266 g/mol. The van der Waals surface area contributed by atoms with Gasteiger partial charge in [0.15, 0.2) is 5.43 Å². The fourth-order valence-corrected chi connectivity index (χ4v) is 2.50. The zero-order chi connectivity index (χ0) is 14.3. The first kappa shape index (κ1) is 13.6. The molecule has 0 atom stereocenters. The predicted octanol–water partition coefficient (Wildman–Crippen LogP) is 2.44. The molecule has 0 aliphatic rings. The number of fused-ring (bicyclic) bond motifs is 1. The van der Waals surface area contributed by atoms with E-state index in [2.05, 4.69) is 0 Å². The van der Waals surface area contributed by atoms with Gasteiger partial charge in [0.25, 0.3) is 0 Å². The predicted molar refractivity (Wildman–Crippen MR) is 75.0 cm³/mol. The van der Waals surface area contributed by atoms with Crippen LogP contribution >= 0.6 is 11.6 Å². The maximum Gasteiger partial charge on any atom is 0.308 e. The van der Waals surface area contributed by atoms with Gasteiger partial charge < -0.3 is 9.67 Å². The molecule has 1 heterocycles. The van der Waals surface area contributed by atoms with Gasteiger partial charge in [0.1, 0.15) is 0 Å². The fourth-order valence-electron chi connectivity index (χ4n) is 2.35. The van der Waals surface area contributed by atoms with Gasteiger partial charge in [-0.2, -0.15) is 0 Å². The molecule has 2 aromatic rings. The highest BCUT2D eigenvalue weighted by Gasteiger charge is 2.16. The molecule has 0 aliphatic carbocycles. The number of carboxylic acid groups (broad SMARTS) is 1. The lowest BCUT2D eigenvalue weighted by molar-refractivity contribution is -0.136. The summed E-state index contributed by atoms with van der Waals surface area (Å²) in [6.07, 6.45) is -0.268. The van der Waals surface area contributed by atoms with Crippen LogP contribution in [-0.2, 0) is 18.3 Å². The maximum atomic E-state index is 12.4. The Morgan fingerprint density at radius 1 is 1.37 bits per heavy atom. The Hall–Kier alpha value is -1.81. The zero-order valence-corrected chi connectivity index (χ0v) is 11.7. The number of aryl methyl sites for hydroxylation is 2. The van der Waals surface area contributed by atoms with Gasteiger partial charge in [0.2, 0.25) is 0 Å². The molecule has 1 aromatic carbocycles. The van der Waals surface area contributed by atoms with E-state index in [4.69, 9.17) is 16.7 Å². The number of aliphatic carboxylic acids is 1. The normalized spacial score (nSPS) is 10.9. The van der Waals surface area contributed by atoms with E-state index in [1.54, 1.807) is 19.1 Å². The van der Waals surface area contributed by atoms with Gasteiger partial charge in [-0.1, -0.05) is 11.6 Å². The number of carboxylic acids is 1. The highest BCUT2D eigenvalue weighted by Crippen LogP contribution is 2.25. The molecule has 1 N–H and O–H groups in total. The van der Waals surface area contributed by atoms with Crippen molar-refractivity contribution in [2.75, 3.05) is 0 Å². The van der Waals surface area contributed by atoms with E-state index in [-0.39, 0.29) is 11.8 Å². The van der Waals surface area contributed by atoms with Crippen molar-refractivity contribution in [2.24, 2.45) is 7.05 Å². The number of hydrogen-bond donors (Lipinski definition) is 1. The highest BCUT2D eigenvalue weighted by molar-refractivity contribution is 6.32. The molecule has 0 aliphatic heterocycles. The number of rotatable bonds is 2. The molecule has 0 fully saturated rings. The van der Waals surface area contributed by atoms with Crippen LogP contribution in [0.15, 0.2) is 16.9 Å². The van der Waals surface area contributed by atoms with E-state index in [0.717, 1.165) is 11.1 Å². The van der Waals surface area contributed by atoms with Crippen molar-refractivity contribution in [1.29, 1.82) is 0 Å². The second kappa shape index (κ2) is 4.70.